The van der Waals surface area contributed by atoms with Crippen LogP contribution in [0.3, 0.4) is 0 Å². The number of hydrogen-bond acceptors (Lipinski definition) is 3. The van der Waals surface area contributed by atoms with E-state index in [2.05, 4.69) is 16.7 Å². The minimum Gasteiger partial charge on any atom is -0.329 e. The summed E-state index contributed by atoms with van der Waals surface area (Å²) in [5.74, 6) is 2.61. The summed E-state index contributed by atoms with van der Waals surface area (Å²) in [6.45, 7) is 3.40. The molecule has 0 radical (unpaired) electrons. The Hall–Kier alpha value is 0.270. The van der Waals surface area contributed by atoms with Gasteiger partial charge in [-0.2, -0.15) is 11.8 Å². The lowest BCUT2D eigenvalue weighted by molar-refractivity contribution is 0.112. The van der Waals surface area contributed by atoms with E-state index in [0.717, 1.165) is 6.54 Å². The Kier molecular flexibility index (Phi) is 3.17. The average molecular weight is 200 g/mol. The van der Waals surface area contributed by atoms with E-state index < -0.39 is 0 Å². The zero-order chi connectivity index (χ0) is 9.15. The van der Waals surface area contributed by atoms with E-state index >= 15 is 0 Å². The van der Waals surface area contributed by atoms with Gasteiger partial charge in [-0.25, -0.2) is 0 Å². The first kappa shape index (κ1) is 9.81. The first-order chi connectivity index (χ1) is 6.37. The molecule has 0 unspecified atom stereocenters. The monoisotopic (exact) mass is 200 g/mol. The molecule has 1 aliphatic heterocycles. The molecular weight excluding hydrogens is 180 g/mol. The Morgan fingerprint density at radius 3 is 2.31 bits per heavy atom. The molecule has 0 spiro atoms. The molecule has 0 aromatic heterocycles. The summed E-state index contributed by atoms with van der Waals surface area (Å²) >= 11 is 2.08. The van der Waals surface area contributed by atoms with Crippen LogP contribution >= 0.6 is 11.8 Å². The van der Waals surface area contributed by atoms with Crippen LogP contribution in [0.1, 0.15) is 25.7 Å². The van der Waals surface area contributed by atoms with Gasteiger partial charge < -0.3 is 5.73 Å². The molecule has 0 bridgehead atoms. The normalized spacial score (nSPS) is 29.3. The number of rotatable bonds is 2. The molecule has 3 heteroatoms. The third-order valence-corrected chi connectivity index (χ3v) is 4.54. The van der Waals surface area contributed by atoms with Crippen LogP contribution in [-0.2, 0) is 0 Å². The Bertz CT molecular complexity index is 160. The molecule has 76 valence electrons. The molecule has 2 nitrogen and oxygen atoms in total. The van der Waals surface area contributed by atoms with E-state index in [-0.39, 0.29) is 0 Å². The predicted octanol–water partition coefficient (Wildman–Crippen LogP) is 1.31. The maximum absolute atomic E-state index is 5.95. The second kappa shape index (κ2) is 4.20. The van der Waals surface area contributed by atoms with Gasteiger partial charge in [-0.1, -0.05) is 12.8 Å². The van der Waals surface area contributed by atoms with Crippen molar-refractivity contribution < 1.29 is 0 Å². The van der Waals surface area contributed by atoms with Crippen LogP contribution < -0.4 is 5.73 Å². The molecule has 2 N–H and O–H groups in total. The van der Waals surface area contributed by atoms with Gasteiger partial charge in [0.15, 0.2) is 0 Å². The highest BCUT2D eigenvalue weighted by atomic mass is 32.2. The second-order valence-electron chi connectivity index (χ2n) is 4.23. The van der Waals surface area contributed by atoms with Crippen molar-refractivity contribution >= 4 is 11.8 Å². The van der Waals surface area contributed by atoms with Crippen LogP contribution in [0.5, 0.6) is 0 Å². The maximum atomic E-state index is 5.95. The standard InChI is InChI=1S/C10H20N2S/c11-9-10(3-1-2-4-10)12-5-7-13-8-6-12/h1-9,11H2. The quantitative estimate of drug-likeness (QED) is 0.729. The number of thioether (sulfide) groups is 1. The third kappa shape index (κ3) is 1.88. The van der Waals surface area contributed by atoms with Gasteiger partial charge in [-0.15, -0.1) is 0 Å². The predicted molar refractivity (Wildman–Crippen MR) is 59.2 cm³/mol. The summed E-state index contributed by atoms with van der Waals surface area (Å²) in [6, 6.07) is 0. The van der Waals surface area contributed by atoms with E-state index in [9.17, 15) is 0 Å². The fourth-order valence-electron chi connectivity index (χ4n) is 2.72. The van der Waals surface area contributed by atoms with Crippen LogP contribution in [-0.4, -0.2) is 41.6 Å². The van der Waals surface area contributed by atoms with Crippen molar-refractivity contribution in [2.24, 2.45) is 5.73 Å². The number of nitrogens with two attached hydrogens (primary N) is 1. The van der Waals surface area contributed by atoms with Gasteiger partial charge in [0.1, 0.15) is 0 Å². The van der Waals surface area contributed by atoms with Gasteiger partial charge in [0.25, 0.3) is 0 Å². The number of nitrogens with zero attached hydrogens (tertiary/aromatic N) is 1. The highest BCUT2D eigenvalue weighted by Gasteiger charge is 2.38. The lowest BCUT2D eigenvalue weighted by atomic mass is 9.95. The minimum absolute atomic E-state index is 0.404. The third-order valence-electron chi connectivity index (χ3n) is 3.60. The van der Waals surface area contributed by atoms with Gasteiger partial charge in [0, 0.05) is 36.7 Å². The van der Waals surface area contributed by atoms with Crippen LogP contribution in [0.4, 0.5) is 0 Å². The topological polar surface area (TPSA) is 29.3 Å². The molecule has 13 heavy (non-hydrogen) atoms. The highest BCUT2D eigenvalue weighted by Crippen LogP contribution is 2.35. The van der Waals surface area contributed by atoms with Crippen molar-refractivity contribution in [1.29, 1.82) is 0 Å². The Labute approximate surface area is 85.2 Å². The summed E-state index contributed by atoms with van der Waals surface area (Å²) in [6.07, 6.45) is 5.46. The molecule has 0 atom stereocenters. The molecule has 2 fully saturated rings. The van der Waals surface area contributed by atoms with E-state index in [1.807, 2.05) is 0 Å². The maximum Gasteiger partial charge on any atom is 0.0332 e. The lowest BCUT2D eigenvalue weighted by Crippen LogP contribution is -2.54. The summed E-state index contributed by atoms with van der Waals surface area (Å²) in [7, 11) is 0. The van der Waals surface area contributed by atoms with Gasteiger partial charge in [0.05, 0.1) is 0 Å². The zero-order valence-corrected chi connectivity index (χ0v) is 9.11. The molecule has 0 amide bonds. The highest BCUT2D eigenvalue weighted by molar-refractivity contribution is 7.99. The SMILES string of the molecule is NCC1(N2CCSCC2)CCCC1. The van der Waals surface area contributed by atoms with Crippen molar-refractivity contribution in [2.45, 2.75) is 31.2 Å². The molecule has 1 saturated heterocycles. The molecular formula is C10H20N2S. The van der Waals surface area contributed by atoms with Crippen LogP contribution in [0, 0.1) is 0 Å². The molecule has 0 aromatic rings. The zero-order valence-electron chi connectivity index (χ0n) is 8.30. The summed E-state index contributed by atoms with van der Waals surface area (Å²) in [5.41, 5.74) is 6.35. The van der Waals surface area contributed by atoms with Crippen molar-refractivity contribution in [3.8, 4) is 0 Å². The van der Waals surface area contributed by atoms with Crippen LogP contribution in [0.25, 0.3) is 0 Å². The van der Waals surface area contributed by atoms with E-state index in [4.69, 9.17) is 5.73 Å². The molecule has 0 aromatic carbocycles. The minimum atomic E-state index is 0.404. The van der Waals surface area contributed by atoms with Gasteiger partial charge in [-0.05, 0) is 12.8 Å². The fraction of sp³-hybridized carbons (Fsp3) is 1.00. The fourth-order valence-corrected chi connectivity index (χ4v) is 3.62. The van der Waals surface area contributed by atoms with Crippen LogP contribution in [0.2, 0.25) is 0 Å². The second-order valence-corrected chi connectivity index (χ2v) is 5.46. The van der Waals surface area contributed by atoms with Gasteiger partial charge in [0.2, 0.25) is 0 Å². The van der Waals surface area contributed by atoms with Crippen molar-refractivity contribution in [3.05, 3.63) is 0 Å². The van der Waals surface area contributed by atoms with Crippen molar-refractivity contribution in [1.82, 2.24) is 4.90 Å². The number of hydrogen-bond donors (Lipinski definition) is 1. The summed E-state index contributed by atoms with van der Waals surface area (Å²) in [4.78, 5) is 2.66. The Morgan fingerprint density at radius 2 is 1.77 bits per heavy atom. The van der Waals surface area contributed by atoms with Crippen LogP contribution in [0.15, 0.2) is 0 Å². The Morgan fingerprint density at radius 1 is 1.15 bits per heavy atom. The van der Waals surface area contributed by atoms with E-state index in [1.54, 1.807) is 0 Å². The molecule has 1 aliphatic carbocycles. The molecule has 1 heterocycles. The smallest absolute Gasteiger partial charge is 0.0332 e. The van der Waals surface area contributed by atoms with Gasteiger partial charge in [-0.3, -0.25) is 4.90 Å². The molecule has 1 saturated carbocycles. The summed E-state index contributed by atoms with van der Waals surface area (Å²) < 4.78 is 0. The molecule has 2 rings (SSSR count). The van der Waals surface area contributed by atoms with Crippen molar-refractivity contribution in [3.63, 3.8) is 0 Å². The first-order valence-electron chi connectivity index (χ1n) is 5.40. The van der Waals surface area contributed by atoms with Gasteiger partial charge >= 0.3 is 0 Å². The largest absolute Gasteiger partial charge is 0.329 e. The van der Waals surface area contributed by atoms with Crippen molar-refractivity contribution in [2.75, 3.05) is 31.1 Å². The first-order valence-corrected chi connectivity index (χ1v) is 6.56. The van der Waals surface area contributed by atoms with E-state index in [0.29, 0.717) is 5.54 Å². The average Bonchev–Trinajstić information content (AvgIpc) is 2.69. The Balaban J connectivity index is 2.01. The summed E-state index contributed by atoms with van der Waals surface area (Å²) in [5, 5.41) is 0. The molecule has 2 aliphatic rings. The lowest BCUT2D eigenvalue weighted by Gasteiger charge is -2.42. The van der Waals surface area contributed by atoms with E-state index in [1.165, 1.54) is 50.3 Å².